The number of carbonyl (C=O) groups excluding carboxylic acids is 1. The molecule has 152 valence electrons. The third-order valence-electron chi connectivity index (χ3n) is 6.11. The van der Waals surface area contributed by atoms with Crippen LogP contribution in [0.4, 0.5) is 0 Å². The van der Waals surface area contributed by atoms with E-state index in [1.807, 2.05) is 35.5 Å². The molecule has 1 N–H and O–H groups in total. The number of fused-ring (bicyclic) bond motifs is 2. The van der Waals surface area contributed by atoms with Gasteiger partial charge in [0.15, 0.2) is 0 Å². The van der Waals surface area contributed by atoms with Crippen molar-refractivity contribution in [1.29, 1.82) is 0 Å². The second-order valence-electron chi connectivity index (χ2n) is 7.95. The van der Waals surface area contributed by atoms with Gasteiger partial charge in [0.25, 0.3) is 0 Å². The van der Waals surface area contributed by atoms with E-state index in [0.29, 0.717) is 37.4 Å². The molecule has 0 spiro atoms. The number of aryl methyl sites for hydroxylation is 2. The number of amides is 1. The summed E-state index contributed by atoms with van der Waals surface area (Å²) in [6.45, 7) is 0. The molecule has 2 aliphatic rings. The Morgan fingerprint density at radius 1 is 1.34 bits per heavy atom. The lowest BCUT2D eigenvalue weighted by Crippen LogP contribution is -2.52. The van der Waals surface area contributed by atoms with Gasteiger partial charge in [0, 0.05) is 51.0 Å². The number of aliphatic hydroxyl groups is 1. The van der Waals surface area contributed by atoms with Crippen LogP contribution in [0, 0.1) is 0 Å². The average molecular weight is 414 g/mol. The molecule has 1 amide bonds. The summed E-state index contributed by atoms with van der Waals surface area (Å²) in [4.78, 5) is 20.3. The van der Waals surface area contributed by atoms with Crippen molar-refractivity contribution in [2.45, 2.75) is 56.2 Å². The van der Waals surface area contributed by atoms with Gasteiger partial charge in [0.1, 0.15) is 5.60 Å². The van der Waals surface area contributed by atoms with Crippen LogP contribution < -0.4 is 0 Å². The Morgan fingerprint density at radius 2 is 2.14 bits per heavy atom. The largest absolute Gasteiger partial charge is 0.383 e. The van der Waals surface area contributed by atoms with Gasteiger partial charge in [-0.2, -0.15) is 10.1 Å². The smallest absolute Gasteiger partial charge is 0.227 e. The zero-order valence-corrected chi connectivity index (χ0v) is 17.0. The molecule has 2 unspecified atom stereocenters. The predicted molar refractivity (Wildman–Crippen MR) is 106 cm³/mol. The fourth-order valence-corrected chi connectivity index (χ4v) is 5.53. The van der Waals surface area contributed by atoms with Gasteiger partial charge in [-0.05, 0) is 30.4 Å². The minimum atomic E-state index is -0.921. The predicted octanol–water partition coefficient (Wildman–Crippen LogP) is 2.51. The summed E-state index contributed by atoms with van der Waals surface area (Å²) in [6, 6.07) is 5.88. The molecule has 29 heavy (non-hydrogen) atoms. The van der Waals surface area contributed by atoms with E-state index >= 15 is 0 Å². The molecule has 0 aliphatic carbocycles. The van der Waals surface area contributed by atoms with Gasteiger partial charge in [-0.15, -0.1) is 11.3 Å². The zero-order valence-electron chi connectivity index (χ0n) is 16.2. The second kappa shape index (κ2) is 7.07. The highest BCUT2D eigenvalue weighted by molar-refractivity contribution is 7.13. The standard InChI is InChI=1S/C20H23N5O3S/c1-24-16(8-9-21-24)20(27)11-13-4-5-14(12-20)25(13)18(26)7-6-17-22-19(23-28-17)15-3-2-10-29-15/h2-3,8-10,13-14,27H,4-7,11-12H2,1H3. The van der Waals surface area contributed by atoms with Gasteiger partial charge in [0.05, 0.1) is 10.6 Å². The molecular formula is C20H23N5O3S. The fraction of sp³-hybridized carbons (Fsp3) is 0.500. The van der Waals surface area contributed by atoms with E-state index in [1.165, 1.54) is 0 Å². The quantitative estimate of drug-likeness (QED) is 0.690. The molecule has 8 nitrogen and oxygen atoms in total. The topological polar surface area (TPSA) is 97.3 Å². The number of nitrogens with zero attached hydrogens (tertiary/aromatic N) is 5. The molecule has 5 heterocycles. The first-order valence-corrected chi connectivity index (χ1v) is 10.8. The first kappa shape index (κ1) is 18.5. The molecule has 2 fully saturated rings. The van der Waals surface area contributed by atoms with Crippen molar-refractivity contribution in [3.05, 3.63) is 41.4 Å². The Kier molecular flexibility index (Phi) is 4.51. The Hall–Kier alpha value is -2.52. The third kappa shape index (κ3) is 3.28. The molecule has 0 saturated carbocycles. The lowest BCUT2D eigenvalue weighted by atomic mass is 9.83. The highest BCUT2D eigenvalue weighted by Crippen LogP contribution is 2.45. The lowest BCUT2D eigenvalue weighted by molar-refractivity contribution is -0.142. The Balaban J connectivity index is 1.24. The van der Waals surface area contributed by atoms with Crippen LogP contribution in [0.15, 0.2) is 34.3 Å². The molecule has 2 saturated heterocycles. The average Bonchev–Trinajstić information content (AvgIpc) is 3.47. The van der Waals surface area contributed by atoms with Gasteiger partial charge in [-0.1, -0.05) is 11.2 Å². The zero-order chi connectivity index (χ0) is 20.0. The second-order valence-corrected chi connectivity index (χ2v) is 8.90. The van der Waals surface area contributed by atoms with E-state index in [9.17, 15) is 9.90 Å². The molecule has 9 heteroatoms. The SMILES string of the molecule is Cn1nccc1C1(O)CC2CCC(C1)N2C(=O)CCc1nc(-c2cccs2)no1. The maximum absolute atomic E-state index is 13.0. The molecule has 2 aliphatic heterocycles. The van der Waals surface area contributed by atoms with Crippen LogP contribution in [-0.2, 0) is 23.9 Å². The normalized spacial score (nSPS) is 26.2. The van der Waals surface area contributed by atoms with Crippen molar-refractivity contribution in [1.82, 2.24) is 24.8 Å². The summed E-state index contributed by atoms with van der Waals surface area (Å²) in [5.41, 5.74) is -0.0934. The van der Waals surface area contributed by atoms with Crippen molar-refractivity contribution in [2.75, 3.05) is 0 Å². The van der Waals surface area contributed by atoms with Crippen LogP contribution in [0.2, 0.25) is 0 Å². The van der Waals surface area contributed by atoms with E-state index in [1.54, 1.807) is 22.2 Å². The first-order valence-electron chi connectivity index (χ1n) is 9.92. The summed E-state index contributed by atoms with van der Waals surface area (Å²) in [6.07, 6.45) is 5.44. The monoisotopic (exact) mass is 413 g/mol. The van der Waals surface area contributed by atoms with Crippen LogP contribution in [-0.4, -0.2) is 47.9 Å². The van der Waals surface area contributed by atoms with E-state index < -0.39 is 5.60 Å². The molecule has 2 bridgehead atoms. The maximum atomic E-state index is 13.0. The minimum absolute atomic E-state index is 0.0607. The molecule has 3 aromatic rings. The van der Waals surface area contributed by atoms with Crippen molar-refractivity contribution >= 4 is 17.2 Å². The molecule has 0 aromatic carbocycles. The maximum Gasteiger partial charge on any atom is 0.227 e. The van der Waals surface area contributed by atoms with Crippen LogP contribution in [0.5, 0.6) is 0 Å². The van der Waals surface area contributed by atoms with E-state index in [4.69, 9.17) is 4.52 Å². The summed E-state index contributed by atoms with van der Waals surface area (Å²) >= 11 is 1.55. The van der Waals surface area contributed by atoms with Crippen molar-refractivity contribution in [2.24, 2.45) is 7.05 Å². The summed E-state index contributed by atoms with van der Waals surface area (Å²) in [5.74, 6) is 1.15. The number of carbonyl (C=O) groups is 1. The molecule has 0 radical (unpaired) electrons. The van der Waals surface area contributed by atoms with Gasteiger partial charge < -0.3 is 14.5 Å². The van der Waals surface area contributed by atoms with Gasteiger partial charge >= 0.3 is 0 Å². The van der Waals surface area contributed by atoms with Crippen molar-refractivity contribution < 1.29 is 14.4 Å². The van der Waals surface area contributed by atoms with E-state index in [0.717, 1.165) is 23.4 Å². The Bertz CT molecular complexity index is 997. The molecule has 5 rings (SSSR count). The lowest BCUT2D eigenvalue weighted by Gasteiger charge is -2.43. The van der Waals surface area contributed by atoms with Gasteiger partial charge in [-0.3, -0.25) is 9.48 Å². The highest BCUT2D eigenvalue weighted by Gasteiger charge is 2.50. The van der Waals surface area contributed by atoms with Crippen LogP contribution in [0.25, 0.3) is 10.7 Å². The van der Waals surface area contributed by atoms with Gasteiger partial charge in [0.2, 0.25) is 17.6 Å². The Labute approximate surface area is 172 Å². The van der Waals surface area contributed by atoms with Crippen molar-refractivity contribution in [3.63, 3.8) is 0 Å². The number of hydrogen-bond donors (Lipinski definition) is 1. The van der Waals surface area contributed by atoms with Crippen LogP contribution >= 0.6 is 11.3 Å². The Morgan fingerprint density at radius 3 is 2.79 bits per heavy atom. The summed E-state index contributed by atoms with van der Waals surface area (Å²) in [5, 5.41) is 21.4. The van der Waals surface area contributed by atoms with E-state index in [2.05, 4.69) is 15.2 Å². The molecule has 2 atom stereocenters. The summed E-state index contributed by atoms with van der Waals surface area (Å²) < 4.78 is 7.05. The van der Waals surface area contributed by atoms with Gasteiger partial charge in [-0.25, -0.2) is 0 Å². The number of thiophene rings is 1. The highest BCUT2D eigenvalue weighted by atomic mass is 32.1. The number of hydrogen-bond acceptors (Lipinski definition) is 7. The van der Waals surface area contributed by atoms with Crippen molar-refractivity contribution in [3.8, 4) is 10.7 Å². The summed E-state index contributed by atoms with van der Waals surface area (Å²) in [7, 11) is 1.85. The number of piperidine rings is 1. The fourth-order valence-electron chi connectivity index (χ4n) is 4.88. The first-order chi connectivity index (χ1) is 14.0. The third-order valence-corrected chi connectivity index (χ3v) is 6.98. The number of aromatic nitrogens is 4. The number of rotatable bonds is 5. The molecule has 3 aromatic heterocycles. The van der Waals surface area contributed by atoms with E-state index in [-0.39, 0.29) is 18.0 Å². The minimum Gasteiger partial charge on any atom is -0.383 e. The van der Waals surface area contributed by atoms with Crippen LogP contribution in [0.1, 0.15) is 43.7 Å². The van der Waals surface area contributed by atoms with Crippen LogP contribution in [0.3, 0.4) is 0 Å². The molecular weight excluding hydrogens is 390 g/mol.